The summed E-state index contributed by atoms with van der Waals surface area (Å²) in [6.07, 6.45) is 0.670. The number of amides is 1. The van der Waals surface area contributed by atoms with Gasteiger partial charge in [-0.3, -0.25) is 4.79 Å². The molecule has 1 amide bonds. The number of hydrogen-bond acceptors (Lipinski definition) is 2. The number of anilines is 1. The first kappa shape index (κ1) is 13.2. The fourth-order valence-electron chi connectivity index (χ4n) is 1.33. The van der Waals surface area contributed by atoms with Crippen molar-refractivity contribution in [2.45, 2.75) is 20.3 Å². The second kappa shape index (κ2) is 5.46. The molecule has 0 aliphatic heterocycles. The van der Waals surface area contributed by atoms with Crippen molar-refractivity contribution >= 4 is 27.5 Å². The average Bonchev–Trinajstić information content (AvgIpc) is 2.21. The summed E-state index contributed by atoms with van der Waals surface area (Å²) in [7, 11) is 0. The Morgan fingerprint density at radius 2 is 2.06 bits per heavy atom. The number of carbonyl (C=O) groups excluding carboxylic acids is 1. The molecule has 1 aromatic rings. The molecule has 0 saturated heterocycles. The first-order chi connectivity index (χ1) is 7.47. The Morgan fingerprint density at radius 1 is 1.44 bits per heavy atom. The highest BCUT2D eigenvalue weighted by Gasteiger charge is 2.26. The zero-order chi connectivity index (χ0) is 12.2. The molecule has 0 aromatic heterocycles. The van der Waals surface area contributed by atoms with Gasteiger partial charge in [0.05, 0.1) is 5.69 Å². The summed E-state index contributed by atoms with van der Waals surface area (Å²) < 4.78 is 0.881. The first-order valence-electron chi connectivity index (χ1n) is 5.23. The summed E-state index contributed by atoms with van der Waals surface area (Å²) in [6.45, 7) is 4.30. The van der Waals surface area contributed by atoms with E-state index in [1.807, 2.05) is 38.1 Å². The minimum atomic E-state index is -0.440. The SMILES string of the molecule is CC(C)(CCN)C(=O)Nc1ccccc1Br. The van der Waals surface area contributed by atoms with Crippen LogP contribution in [0.15, 0.2) is 28.7 Å². The van der Waals surface area contributed by atoms with E-state index in [-0.39, 0.29) is 5.91 Å². The van der Waals surface area contributed by atoms with Crippen LogP contribution in [0, 0.1) is 5.41 Å². The van der Waals surface area contributed by atoms with Crippen LogP contribution in [0.2, 0.25) is 0 Å². The van der Waals surface area contributed by atoms with Gasteiger partial charge < -0.3 is 11.1 Å². The van der Waals surface area contributed by atoms with Crippen molar-refractivity contribution in [3.8, 4) is 0 Å². The predicted octanol–water partition coefficient (Wildman–Crippen LogP) is 2.76. The Labute approximate surface area is 105 Å². The normalized spacial score (nSPS) is 11.2. The van der Waals surface area contributed by atoms with Gasteiger partial charge in [0, 0.05) is 9.89 Å². The number of para-hydroxylation sites is 1. The van der Waals surface area contributed by atoms with Gasteiger partial charge in [-0.1, -0.05) is 26.0 Å². The molecule has 88 valence electrons. The van der Waals surface area contributed by atoms with Crippen LogP contribution in [-0.2, 0) is 4.79 Å². The van der Waals surface area contributed by atoms with E-state index in [1.165, 1.54) is 0 Å². The molecule has 1 rings (SSSR count). The molecule has 4 heteroatoms. The molecule has 0 saturated carbocycles. The second-order valence-electron chi connectivity index (χ2n) is 4.36. The molecule has 0 fully saturated rings. The van der Waals surface area contributed by atoms with Crippen LogP contribution in [0.3, 0.4) is 0 Å². The molecule has 3 N–H and O–H groups in total. The summed E-state index contributed by atoms with van der Waals surface area (Å²) in [5, 5.41) is 2.89. The zero-order valence-electron chi connectivity index (χ0n) is 9.59. The quantitative estimate of drug-likeness (QED) is 0.893. The molecule has 0 spiro atoms. The van der Waals surface area contributed by atoms with Gasteiger partial charge in [0.15, 0.2) is 0 Å². The number of benzene rings is 1. The number of nitrogens with one attached hydrogen (secondary N) is 1. The molecular weight excluding hydrogens is 268 g/mol. The van der Waals surface area contributed by atoms with E-state index in [0.717, 1.165) is 10.2 Å². The minimum absolute atomic E-state index is 0.00940. The number of rotatable bonds is 4. The van der Waals surface area contributed by atoms with Gasteiger partial charge in [-0.05, 0) is 41.0 Å². The van der Waals surface area contributed by atoms with Crippen LogP contribution in [0.5, 0.6) is 0 Å². The highest BCUT2D eigenvalue weighted by Crippen LogP contribution is 2.26. The number of hydrogen-bond donors (Lipinski definition) is 2. The van der Waals surface area contributed by atoms with Crippen LogP contribution >= 0.6 is 15.9 Å². The zero-order valence-corrected chi connectivity index (χ0v) is 11.2. The van der Waals surface area contributed by atoms with Gasteiger partial charge in [-0.2, -0.15) is 0 Å². The van der Waals surface area contributed by atoms with Crippen molar-refractivity contribution in [1.82, 2.24) is 0 Å². The van der Waals surface area contributed by atoms with Gasteiger partial charge in [-0.15, -0.1) is 0 Å². The Balaban J connectivity index is 2.75. The van der Waals surface area contributed by atoms with E-state index in [4.69, 9.17) is 5.73 Å². The third-order valence-corrected chi connectivity index (χ3v) is 3.20. The Bertz CT molecular complexity index is 377. The van der Waals surface area contributed by atoms with E-state index in [1.54, 1.807) is 0 Å². The van der Waals surface area contributed by atoms with Crippen molar-refractivity contribution < 1.29 is 4.79 Å². The number of halogens is 1. The predicted molar refractivity (Wildman–Crippen MR) is 70.2 cm³/mol. The van der Waals surface area contributed by atoms with E-state index in [0.29, 0.717) is 13.0 Å². The maximum Gasteiger partial charge on any atom is 0.230 e. The standard InChI is InChI=1S/C12H17BrN2O/c1-12(2,7-8-14)11(16)15-10-6-4-3-5-9(10)13/h3-6H,7-8,14H2,1-2H3,(H,15,16). The second-order valence-corrected chi connectivity index (χ2v) is 5.21. The highest BCUT2D eigenvalue weighted by atomic mass is 79.9. The molecule has 0 unspecified atom stereocenters. The number of carbonyl (C=O) groups is 1. The topological polar surface area (TPSA) is 55.1 Å². The van der Waals surface area contributed by atoms with Gasteiger partial charge in [-0.25, -0.2) is 0 Å². The molecule has 0 atom stereocenters. The summed E-state index contributed by atoms with van der Waals surface area (Å²) in [4.78, 5) is 12.0. The minimum Gasteiger partial charge on any atom is -0.330 e. The van der Waals surface area contributed by atoms with Crippen molar-refractivity contribution in [2.24, 2.45) is 11.1 Å². The maximum atomic E-state index is 12.0. The molecule has 0 heterocycles. The van der Waals surface area contributed by atoms with Gasteiger partial charge in [0.25, 0.3) is 0 Å². The molecule has 16 heavy (non-hydrogen) atoms. The average molecular weight is 285 g/mol. The molecular formula is C12H17BrN2O. The van der Waals surface area contributed by atoms with Crippen molar-refractivity contribution in [2.75, 3.05) is 11.9 Å². The fraction of sp³-hybridized carbons (Fsp3) is 0.417. The molecule has 3 nitrogen and oxygen atoms in total. The van der Waals surface area contributed by atoms with Crippen LogP contribution in [0.4, 0.5) is 5.69 Å². The Hall–Kier alpha value is -0.870. The van der Waals surface area contributed by atoms with Gasteiger partial charge in [0.2, 0.25) is 5.91 Å². The Kier molecular flexibility index (Phi) is 4.50. The summed E-state index contributed by atoms with van der Waals surface area (Å²) in [5.74, 6) is -0.00940. The summed E-state index contributed by atoms with van der Waals surface area (Å²) in [5.41, 5.74) is 5.84. The van der Waals surface area contributed by atoms with Crippen molar-refractivity contribution in [1.29, 1.82) is 0 Å². The lowest BCUT2D eigenvalue weighted by atomic mass is 9.88. The molecule has 1 aromatic carbocycles. The smallest absolute Gasteiger partial charge is 0.230 e. The molecule has 0 bridgehead atoms. The van der Waals surface area contributed by atoms with E-state index >= 15 is 0 Å². The monoisotopic (exact) mass is 284 g/mol. The lowest BCUT2D eigenvalue weighted by Crippen LogP contribution is -2.32. The lowest BCUT2D eigenvalue weighted by molar-refractivity contribution is -0.124. The third kappa shape index (κ3) is 3.32. The van der Waals surface area contributed by atoms with E-state index < -0.39 is 5.41 Å². The molecule has 0 radical (unpaired) electrons. The lowest BCUT2D eigenvalue weighted by Gasteiger charge is -2.23. The largest absolute Gasteiger partial charge is 0.330 e. The Morgan fingerprint density at radius 3 is 2.62 bits per heavy atom. The van der Waals surface area contributed by atoms with Crippen LogP contribution in [-0.4, -0.2) is 12.5 Å². The van der Waals surface area contributed by atoms with Gasteiger partial charge >= 0.3 is 0 Å². The van der Waals surface area contributed by atoms with Crippen molar-refractivity contribution in [3.05, 3.63) is 28.7 Å². The first-order valence-corrected chi connectivity index (χ1v) is 6.03. The van der Waals surface area contributed by atoms with Crippen LogP contribution in [0.1, 0.15) is 20.3 Å². The number of nitrogens with two attached hydrogens (primary N) is 1. The fourth-order valence-corrected chi connectivity index (χ4v) is 1.71. The maximum absolute atomic E-state index is 12.0. The highest BCUT2D eigenvalue weighted by molar-refractivity contribution is 9.10. The van der Waals surface area contributed by atoms with E-state index in [9.17, 15) is 4.79 Å². The third-order valence-electron chi connectivity index (χ3n) is 2.51. The van der Waals surface area contributed by atoms with Crippen LogP contribution < -0.4 is 11.1 Å². The summed E-state index contributed by atoms with van der Waals surface area (Å²) in [6, 6.07) is 7.55. The van der Waals surface area contributed by atoms with E-state index in [2.05, 4.69) is 21.2 Å². The molecule has 0 aliphatic rings. The summed E-state index contributed by atoms with van der Waals surface area (Å²) >= 11 is 3.39. The van der Waals surface area contributed by atoms with Crippen LogP contribution in [0.25, 0.3) is 0 Å². The van der Waals surface area contributed by atoms with Crippen molar-refractivity contribution in [3.63, 3.8) is 0 Å². The molecule has 0 aliphatic carbocycles. The van der Waals surface area contributed by atoms with Gasteiger partial charge in [0.1, 0.15) is 0 Å².